The summed E-state index contributed by atoms with van der Waals surface area (Å²) >= 11 is 1.64. The molecule has 0 aliphatic heterocycles. The van der Waals surface area contributed by atoms with E-state index in [1.807, 2.05) is 6.92 Å². The fourth-order valence-corrected chi connectivity index (χ4v) is 1.09. The Morgan fingerprint density at radius 3 is 2.75 bits per heavy atom. The molecule has 0 amide bonds. The van der Waals surface area contributed by atoms with Crippen LogP contribution in [0.25, 0.3) is 0 Å². The summed E-state index contributed by atoms with van der Waals surface area (Å²) in [6, 6.07) is 0. The Morgan fingerprint density at radius 1 is 1.58 bits per heavy atom. The molecular formula is C9H17NOS. The average Bonchev–Trinajstić information content (AvgIpc) is 2.01. The van der Waals surface area contributed by atoms with Crippen LogP contribution >= 0.6 is 11.8 Å². The second kappa shape index (κ2) is 7.40. The van der Waals surface area contributed by atoms with Crippen LogP contribution in [0.4, 0.5) is 0 Å². The highest BCUT2D eigenvalue weighted by molar-refractivity contribution is 8.05. The fraction of sp³-hybridized carbons (Fsp3) is 0.556. The smallest absolute Gasteiger partial charge is 0.0556 e. The van der Waals surface area contributed by atoms with Gasteiger partial charge in [-0.25, -0.2) is 0 Å². The summed E-state index contributed by atoms with van der Waals surface area (Å²) in [6.45, 7) is 9.50. The summed E-state index contributed by atoms with van der Waals surface area (Å²) in [5.74, 6) is 0. The van der Waals surface area contributed by atoms with Gasteiger partial charge in [0.15, 0.2) is 0 Å². The van der Waals surface area contributed by atoms with Crippen LogP contribution in [0.5, 0.6) is 0 Å². The molecule has 0 aromatic rings. The van der Waals surface area contributed by atoms with E-state index in [0.717, 1.165) is 11.4 Å². The molecule has 2 nitrogen and oxygen atoms in total. The van der Waals surface area contributed by atoms with Gasteiger partial charge in [-0.05, 0) is 24.2 Å². The molecule has 12 heavy (non-hydrogen) atoms. The van der Waals surface area contributed by atoms with Gasteiger partial charge in [0.25, 0.3) is 0 Å². The minimum Gasteiger partial charge on any atom is -0.395 e. The van der Waals surface area contributed by atoms with Crippen LogP contribution in [0.2, 0.25) is 0 Å². The Morgan fingerprint density at radius 2 is 2.25 bits per heavy atom. The minimum absolute atomic E-state index is 0.195. The summed E-state index contributed by atoms with van der Waals surface area (Å²) in [7, 11) is 0. The summed E-state index contributed by atoms with van der Waals surface area (Å²) in [5, 5.41) is 13.7. The molecule has 2 N–H and O–H groups in total. The van der Waals surface area contributed by atoms with Crippen molar-refractivity contribution in [3.8, 4) is 0 Å². The van der Waals surface area contributed by atoms with E-state index in [1.165, 1.54) is 5.57 Å². The zero-order valence-electron chi connectivity index (χ0n) is 7.76. The second-order valence-corrected chi connectivity index (χ2v) is 3.85. The molecule has 0 rings (SSSR count). The first kappa shape index (κ1) is 11.8. The highest BCUT2D eigenvalue weighted by Crippen LogP contribution is 2.15. The first-order valence-electron chi connectivity index (χ1n) is 3.96. The predicted molar refractivity (Wildman–Crippen MR) is 56.1 cm³/mol. The van der Waals surface area contributed by atoms with E-state index in [2.05, 4.69) is 24.2 Å². The van der Waals surface area contributed by atoms with E-state index in [1.54, 1.807) is 11.8 Å². The van der Waals surface area contributed by atoms with Gasteiger partial charge in [0.2, 0.25) is 0 Å². The Bertz CT molecular complexity index is 166. The molecule has 0 radical (unpaired) electrons. The van der Waals surface area contributed by atoms with Crippen molar-refractivity contribution in [1.29, 1.82) is 0 Å². The third-order valence-electron chi connectivity index (χ3n) is 1.15. The quantitative estimate of drug-likeness (QED) is 0.621. The zero-order valence-corrected chi connectivity index (χ0v) is 8.58. The number of allylic oxidation sites excluding steroid dienone is 1. The van der Waals surface area contributed by atoms with Crippen molar-refractivity contribution in [3.63, 3.8) is 0 Å². The van der Waals surface area contributed by atoms with Crippen molar-refractivity contribution in [3.05, 3.63) is 22.5 Å². The van der Waals surface area contributed by atoms with E-state index < -0.39 is 0 Å². The third kappa shape index (κ3) is 7.85. The topological polar surface area (TPSA) is 32.3 Å². The molecule has 0 heterocycles. The van der Waals surface area contributed by atoms with Crippen LogP contribution in [0, 0.1) is 0 Å². The standard InChI is InChI=1S/C9H17NOS/c1-8(2)12-7-9(3)6-10-4-5-11/h7,10-11H,1,4-6H2,2-3H3/b9-7+. The van der Waals surface area contributed by atoms with Gasteiger partial charge in [-0.15, -0.1) is 11.8 Å². The molecule has 70 valence electrons. The number of aliphatic hydroxyl groups is 1. The lowest BCUT2D eigenvalue weighted by atomic mass is 10.3. The van der Waals surface area contributed by atoms with Gasteiger partial charge in [-0.2, -0.15) is 0 Å². The van der Waals surface area contributed by atoms with Gasteiger partial charge in [-0.3, -0.25) is 0 Å². The minimum atomic E-state index is 0.195. The van der Waals surface area contributed by atoms with Gasteiger partial charge in [0.1, 0.15) is 0 Å². The maximum absolute atomic E-state index is 8.50. The normalized spacial score (nSPS) is 11.8. The lowest BCUT2D eigenvalue weighted by molar-refractivity contribution is 0.294. The van der Waals surface area contributed by atoms with Gasteiger partial charge in [0.05, 0.1) is 6.61 Å². The Hall–Kier alpha value is -0.250. The highest BCUT2D eigenvalue weighted by atomic mass is 32.2. The van der Waals surface area contributed by atoms with E-state index in [0.29, 0.717) is 6.54 Å². The molecule has 0 aromatic carbocycles. The molecule has 0 saturated heterocycles. The lowest BCUT2D eigenvalue weighted by Gasteiger charge is -2.02. The molecule has 0 aromatic heterocycles. The van der Waals surface area contributed by atoms with E-state index >= 15 is 0 Å². The van der Waals surface area contributed by atoms with Crippen molar-refractivity contribution in [2.75, 3.05) is 19.7 Å². The van der Waals surface area contributed by atoms with Crippen LogP contribution in [-0.2, 0) is 0 Å². The maximum atomic E-state index is 8.50. The van der Waals surface area contributed by atoms with E-state index in [4.69, 9.17) is 5.11 Å². The summed E-state index contributed by atoms with van der Waals surface area (Å²) < 4.78 is 0. The van der Waals surface area contributed by atoms with Gasteiger partial charge < -0.3 is 10.4 Å². The first-order chi connectivity index (χ1) is 5.66. The SMILES string of the molecule is C=C(C)S/C=C(\C)CNCCO. The first-order valence-corrected chi connectivity index (χ1v) is 4.84. The molecule has 0 spiro atoms. The van der Waals surface area contributed by atoms with Crippen LogP contribution in [0.1, 0.15) is 13.8 Å². The van der Waals surface area contributed by atoms with E-state index in [9.17, 15) is 0 Å². The van der Waals surface area contributed by atoms with Crippen molar-refractivity contribution >= 4 is 11.8 Å². The molecule has 0 unspecified atom stereocenters. The largest absolute Gasteiger partial charge is 0.395 e. The Balaban J connectivity index is 3.49. The van der Waals surface area contributed by atoms with Gasteiger partial charge >= 0.3 is 0 Å². The number of rotatable bonds is 6. The van der Waals surface area contributed by atoms with Crippen LogP contribution < -0.4 is 5.32 Å². The molecule has 0 aliphatic rings. The van der Waals surface area contributed by atoms with Gasteiger partial charge in [-0.1, -0.05) is 12.2 Å². The molecular weight excluding hydrogens is 170 g/mol. The number of hydrogen-bond donors (Lipinski definition) is 2. The number of nitrogens with one attached hydrogen (secondary N) is 1. The van der Waals surface area contributed by atoms with Gasteiger partial charge in [0, 0.05) is 13.1 Å². The predicted octanol–water partition coefficient (Wildman–Crippen LogP) is 1.74. The molecule has 0 bridgehead atoms. The molecule has 3 heteroatoms. The summed E-state index contributed by atoms with van der Waals surface area (Å²) in [5.41, 5.74) is 1.26. The fourth-order valence-electron chi connectivity index (χ4n) is 0.607. The average molecular weight is 187 g/mol. The Labute approximate surface area is 78.7 Å². The van der Waals surface area contributed by atoms with Crippen LogP contribution in [0.3, 0.4) is 0 Å². The number of thioether (sulfide) groups is 1. The maximum Gasteiger partial charge on any atom is 0.0556 e. The molecule has 0 atom stereocenters. The number of aliphatic hydroxyl groups excluding tert-OH is 1. The molecule has 0 aliphatic carbocycles. The van der Waals surface area contributed by atoms with Crippen LogP contribution in [-0.4, -0.2) is 24.8 Å². The summed E-state index contributed by atoms with van der Waals surface area (Å²) in [4.78, 5) is 1.09. The Kier molecular flexibility index (Phi) is 7.25. The van der Waals surface area contributed by atoms with Crippen molar-refractivity contribution in [1.82, 2.24) is 5.32 Å². The number of hydrogen-bond acceptors (Lipinski definition) is 3. The lowest BCUT2D eigenvalue weighted by Crippen LogP contribution is -2.19. The van der Waals surface area contributed by atoms with Crippen molar-refractivity contribution < 1.29 is 5.11 Å². The second-order valence-electron chi connectivity index (χ2n) is 2.68. The molecule has 0 saturated carbocycles. The monoisotopic (exact) mass is 187 g/mol. The van der Waals surface area contributed by atoms with Crippen molar-refractivity contribution in [2.24, 2.45) is 0 Å². The van der Waals surface area contributed by atoms with E-state index in [-0.39, 0.29) is 6.61 Å². The zero-order chi connectivity index (χ0) is 9.40. The molecule has 0 fully saturated rings. The highest BCUT2D eigenvalue weighted by Gasteiger charge is 1.89. The van der Waals surface area contributed by atoms with Crippen LogP contribution in [0.15, 0.2) is 22.5 Å². The van der Waals surface area contributed by atoms with Crippen molar-refractivity contribution in [2.45, 2.75) is 13.8 Å². The summed E-state index contributed by atoms with van der Waals surface area (Å²) in [6.07, 6.45) is 0. The third-order valence-corrected chi connectivity index (χ3v) is 2.08.